The minimum Gasteiger partial charge on any atom is -0.393 e. The Morgan fingerprint density at radius 3 is 2.63 bits per heavy atom. The van der Waals surface area contributed by atoms with Crippen LogP contribution in [0.15, 0.2) is 30.5 Å². The second-order valence-electron chi connectivity index (χ2n) is 7.25. The van der Waals surface area contributed by atoms with E-state index in [1.54, 1.807) is 6.20 Å². The number of imidazole rings is 1. The molecule has 0 aliphatic carbocycles. The van der Waals surface area contributed by atoms with Crippen molar-refractivity contribution in [2.45, 2.75) is 44.1 Å². The number of aromatic nitrogens is 2. The maximum Gasteiger partial charge on any atom is 0.241 e. The highest BCUT2D eigenvalue weighted by Gasteiger charge is 2.38. The highest BCUT2D eigenvalue weighted by Crippen LogP contribution is 2.32. The van der Waals surface area contributed by atoms with Crippen LogP contribution in [-0.4, -0.2) is 58.5 Å². The number of sulfone groups is 1. The van der Waals surface area contributed by atoms with E-state index < -0.39 is 33.1 Å². The van der Waals surface area contributed by atoms with Crippen molar-refractivity contribution in [1.29, 1.82) is 0 Å². The standard InChI is InChI=1S/C19H25N3O4S/c1-12-4-6-14(7-5-12)16-11-20-18(21-16)17-10-15(23)8-9-22(17)19(24)13(2)27(3,25)26/h4-7,11,13,15,17,23H,8-10H2,1-3H3,(H,20,21). The molecule has 3 rings (SSSR count). The summed E-state index contributed by atoms with van der Waals surface area (Å²) in [7, 11) is -3.50. The van der Waals surface area contributed by atoms with Crippen LogP contribution in [0.1, 0.15) is 37.2 Å². The van der Waals surface area contributed by atoms with Gasteiger partial charge in [0.25, 0.3) is 0 Å². The van der Waals surface area contributed by atoms with E-state index in [1.165, 1.54) is 11.8 Å². The summed E-state index contributed by atoms with van der Waals surface area (Å²) in [5.41, 5.74) is 2.94. The molecule has 1 saturated heterocycles. The number of aryl methyl sites for hydroxylation is 1. The van der Waals surface area contributed by atoms with Crippen molar-refractivity contribution < 1.29 is 18.3 Å². The smallest absolute Gasteiger partial charge is 0.241 e. The maximum atomic E-state index is 12.8. The Bertz CT molecular complexity index is 921. The van der Waals surface area contributed by atoms with Gasteiger partial charge >= 0.3 is 0 Å². The van der Waals surface area contributed by atoms with Crippen molar-refractivity contribution >= 4 is 15.7 Å². The van der Waals surface area contributed by atoms with Crippen LogP contribution >= 0.6 is 0 Å². The number of aliphatic hydroxyl groups is 1. The normalized spacial score (nSPS) is 21.9. The average molecular weight is 391 g/mol. The largest absolute Gasteiger partial charge is 0.393 e. The van der Waals surface area contributed by atoms with Crippen molar-refractivity contribution in [3.8, 4) is 11.3 Å². The molecule has 1 aliphatic rings. The van der Waals surface area contributed by atoms with E-state index in [0.717, 1.165) is 23.1 Å². The second kappa shape index (κ2) is 7.44. The summed E-state index contributed by atoms with van der Waals surface area (Å²) >= 11 is 0. The Morgan fingerprint density at radius 2 is 2.00 bits per heavy atom. The topological polar surface area (TPSA) is 103 Å². The Kier molecular flexibility index (Phi) is 5.39. The number of aromatic amines is 1. The maximum absolute atomic E-state index is 12.8. The first kappa shape index (κ1) is 19.6. The van der Waals surface area contributed by atoms with E-state index in [4.69, 9.17) is 0 Å². The van der Waals surface area contributed by atoms with Crippen molar-refractivity contribution in [3.63, 3.8) is 0 Å². The van der Waals surface area contributed by atoms with Crippen LogP contribution in [0.3, 0.4) is 0 Å². The van der Waals surface area contributed by atoms with Gasteiger partial charge in [0.1, 0.15) is 11.1 Å². The minimum atomic E-state index is -3.50. The molecule has 2 heterocycles. The number of H-pyrrole nitrogens is 1. The van der Waals surface area contributed by atoms with Crippen LogP contribution in [0.2, 0.25) is 0 Å². The molecule has 2 aromatic rings. The molecule has 1 aliphatic heterocycles. The van der Waals surface area contributed by atoms with Gasteiger partial charge in [0, 0.05) is 19.2 Å². The van der Waals surface area contributed by atoms with Gasteiger partial charge in [-0.2, -0.15) is 0 Å². The lowest BCUT2D eigenvalue weighted by Crippen LogP contribution is -2.48. The van der Waals surface area contributed by atoms with Gasteiger partial charge in [-0.25, -0.2) is 13.4 Å². The van der Waals surface area contributed by atoms with Gasteiger partial charge < -0.3 is 15.0 Å². The molecule has 27 heavy (non-hydrogen) atoms. The van der Waals surface area contributed by atoms with Gasteiger partial charge in [-0.15, -0.1) is 0 Å². The lowest BCUT2D eigenvalue weighted by molar-refractivity contribution is -0.136. The van der Waals surface area contributed by atoms with Crippen LogP contribution in [0, 0.1) is 6.92 Å². The zero-order chi connectivity index (χ0) is 19.8. The van der Waals surface area contributed by atoms with E-state index in [1.807, 2.05) is 31.2 Å². The number of carbonyl (C=O) groups excluding carboxylic acids is 1. The SMILES string of the molecule is Cc1ccc(-c2cnc(C3CC(O)CCN3C(=O)C(C)S(C)(=O)=O)[nH]2)cc1. The zero-order valence-electron chi connectivity index (χ0n) is 15.7. The average Bonchev–Trinajstić information content (AvgIpc) is 3.10. The zero-order valence-corrected chi connectivity index (χ0v) is 16.5. The van der Waals surface area contributed by atoms with Crippen molar-refractivity contribution in [3.05, 3.63) is 41.9 Å². The van der Waals surface area contributed by atoms with Gasteiger partial charge in [-0.1, -0.05) is 29.8 Å². The summed E-state index contributed by atoms with van der Waals surface area (Å²) in [6.45, 7) is 3.71. The summed E-state index contributed by atoms with van der Waals surface area (Å²) in [5.74, 6) is 0.0982. The molecule has 0 radical (unpaired) electrons. The van der Waals surface area contributed by atoms with E-state index in [2.05, 4.69) is 9.97 Å². The molecule has 8 heteroatoms. The first-order valence-electron chi connectivity index (χ1n) is 8.96. The highest BCUT2D eigenvalue weighted by atomic mass is 32.2. The van der Waals surface area contributed by atoms with Crippen molar-refractivity contribution in [2.75, 3.05) is 12.8 Å². The molecular weight excluding hydrogens is 366 g/mol. The van der Waals surface area contributed by atoms with E-state index in [9.17, 15) is 18.3 Å². The summed E-state index contributed by atoms with van der Waals surface area (Å²) < 4.78 is 23.6. The van der Waals surface area contributed by atoms with E-state index in [0.29, 0.717) is 25.2 Å². The number of hydrogen-bond acceptors (Lipinski definition) is 5. The number of benzene rings is 1. The quantitative estimate of drug-likeness (QED) is 0.828. The van der Waals surface area contributed by atoms with Crippen LogP contribution in [0.5, 0.6) is 0 Å². The second-order valence-corrected chi connectivity index (χ2v) is 9.61. The number of nitrogens with one attached hydrogen (secondary N) is 1. The van der Waals surface area contributed by atoms with Gasteiger partial charge in [-0.3, -0.25) is 4.79 Å². The predicted octanol–water partition coefficient (Wildman–Crippen LogP) is 1.84. The lowest BCUT2D eigenvalue weighted by Gasteiger charge is -2.37. The fourth-order valence-electron chi connectivity index (χ4n) is 3.27. The van der Waals surface area contributed by atoms with E-state index in [-0.39, 0.29) is 0 Å². The first-order valence-corrected chi connectivity index (χ1v) is 10.9. The molecule has 0 bridgehead atoms. The van der Waals surface area contributed by atoms with Gasteiger partial charge in [0.2, 0.25) is 5.91 Å². The minimum absolute atomic E-state index is 0.297. The Morgan fingerprint density at radius 1 is 1.33 bits per heavy atom. The molecule has 1 aromatic carbocycles. The van der Waals surface area contributed by atoms with Crippen LogP contribution in [0.25, 0.3) is 11.3 Å². The Labute approximate surface area is 159 Å². The number of aliphatic hydroxyl groups excluding tert-OH is 1. The highest BCUT2D eigenvalue weighted by molar-refractivity contribution is 7.92. The van der Waals surface area contributed by atoms with Gasteiger partial charge in [0.05, 0.1) is 24.0 Å². The molecule has 2 N–H and O–H groups in total. The summed E-state index contributed by atoms with van der Waals surface area (Å²) in [6.07, 6.45) is 2.95. The van der Waals surface area contributed by atoms with Crippen molar-refractivity contribution in [2.24, 2.45) is 0 Å². The number of hydrogen-bond donors (Lipinski definition) is 2. The first-order chi connectivity index (χ1) is 12.7. The van der Waals surface area contributed by atoms with Crippen LogP contribution in [0.4, 0.5) is 0 Å². The molecular formula is C19H25N3O4S. The number of rotatable bonds is 4. The number of carbonyl (C=O) groups is 1. The van der Waals surface area contributed by atoms with Crippen LogP contribution < -0.4 is 0 Å². The Hall–Kier alpha value is -2.19. The predicted molar refractivity (Wildman–Crippen MR) is 103 cm³/mol. The fraction of sp³-hybridized carbons (Fsp3) is 0.474. The molecule has 1 aromatic heterocycles. The molecule has 1 fully saturated rings. The molecule has 3 atom stereocenters. The number of nitrogens with zero attached hydrogens (tertiary/aromatic N) is 2. The van der Waals surface area contributed by atoms with Gasteiger partial charge in [0.15, 0.2) is 9.84 Å². The lowest BCUT2D eigenvalue weighted by atomic mass is 9.98. The van der Waals surface area contributed by atoms with Crippen molar-refractivity contribution in [1.82, 2.24) is 14.9 Å². The summed E-state index contributed by atoms with van der Waals surface area (Å²) in [6, 6.07) is 7.49. The van der Waals surface area contributed by atoms with Gasteiger partial charge in [-0.05, 0) is 25.8 Å². The molecule has 3 unspecified atom stereocenters. The third-order valence-corrected chi connectivity index (χ3v) is 6.61. The third kappa shape index (κ3) is 4.22. The fourth-order valence-corrected chi connectivity index (χ4v) is 3.77. The summed E-state index contributed by atoms with van der Waals surface area (Å²) in [5, 5.41) is 8.97. The number of likely N-dealkylation sites (tertiary alicyclic amines) is 1. The molecule has 146 valence electrons. The third-order valence-electron chi connectivity index (χ3n) is 5.12. The van der Waals surface area contributed by atoms with Crippen LogP contribution in [-0.2, 0) is 14.6 Å². The molecule has 0 saturated carbocycles. The molecule has 0 spiro atoms. The Balaban J connectivity index is 1.90. The monoisotopic (exact) mass is 391 g/mol. The van der Waals surface area contributed by atoms with E-state index >= 15 is 0 Å². The summed E-state index contributed by atoms with van der Waals surface area (Å²) in [4.78, 5) is 22.0. The number of amides is 1. The molecule has 7 nitrogen and oxygen atoms in total. The number of piperidine rings is 1. The molecule has 1 amide bonds.